The summed E-state index contributed by atoms with van der Waals surface area (Å²) >= 11 is 0. The smallest absolute Gasteiger partial charge is 0.118 e. The minimum atomic E-state index is 0.165. The predicted octanol–water partition coefficient (Wildman–Crippen LogP) is 2.52. The van der Waals surface area contributed by atoms with Gasteiger partial charge in [-0.2, -0.15) is 5.10 Å². The largest absolute Gasteiger partial charge is 0.497 e. The minimum Gasteiger partial charge on any atom is -0.497 e. The van der Waals surface area contributed by atoms with E-state index in [0.29, 0.717) is 0 Å². The number of hydrogen-bond donors (Lipinski definition) is 1. The quantitative estimate of drug-likeness (QED) is 0.866. The molecule has 2 rings (SSSR count). The molecule has 0 bridgehead atoms. The summed E-state index contributed by atoms with van der Waals surface area (Å²) in [5.74, 6) is 0.878. The fourth-order valence-electron chi connectivity index (χ4n) is 2.15. The van der Waals surface area contributed by atoms with Crippen molar-refractivity contribution in [1.29, 1.82) is 0 Å². The summed E-state index contributed by atoms with van der Waals surface area (Å²) in [6, 6.07) is 10.4. The standard InChI is InChI=1S/C15H21N3O/c1-4-10-16-15(14-9-11-17-18(14)2)12-5-7-13(19-3)8-6-12/h5-9,11,15-16H,4,10H2,1-3H3. The summed E-state index contributed by atoms with van der Waals surface area (Å²) in [6.07, 6.45) is 2.93. The Hall–Kier alpha value is -1.81. The van der Waals surface area contributed by atoms with E-state index < -0.39 is 0 Å². The van der Waals surface area contributed by atoms with E-state index in [1.807, 2.05) is 30.1 Å². The molecule has 0 aliphatic rings. The Balaban J connectivity index is 2.28. The first-order chi connectivity index (χ1) is 9.26. The highest BCUT2D eigenvalue weighted by Gasteiger charge is 2.16. The molecule has 0 fully saturated rings. The van der Waals surface area contributed by atoms with Gasteiger partial charge in [0.25, 0.3) is 0 Å². The van der Waals surface area contributed by atoms with Crippen LogP contribution in [0.5, 0.6) is 5.75 Å². The molecule has 0 saturated heterocycles. The van der Waals surface area contributed by atoms with Crippen molar-refractivity contribution in [1.82, 2.24) is 15.1 Å². The van der Waals surface area contributed by atoms with E-state index in [1.165, 1.54) is 11.3 Å². The van der Waals surface area contributed by atoms with Gasteiger partial charge in [0.2, 0.25) is 0 Å². The Labute approximate surface area is 114 Å². The molecule has 0 saturated carbocycles. The molecule has 1 unspecified atom stereocenters. The van der Waals surface area contributed by atoms with Crippen LogP contribution in [-0.4, -0.2) is 23.4 Å². The zero-order valence-electron chi connectivity index (χ0n) is 11.8. The van der Waals surface area contributed by atoms with E-state index in [4.69, 9.17) is 4.74 Å². The van der Waals surface area contributed by atoms with E-state index >= 15 is 0 Å². The Kier molecular flexibility index (Phi) is 4.58. The van der Waals surface area contributed by atoms with Crippen molar-refractivity contribution in [3.63, 3.8) is 0 Å². The second kappa shape index (κ2) is 6.38. The molecule has 0 aliphatic carbocycles. The van der Waals surface area contributed by atoms with E-state index in [9.17, 15) is 0 Å². The molecule has 1 aromatic carbocycles. The van der Waals surface area contributed by atoms with Crippen LogP contribution in [0.4, 0.5) is 0 Å². The maximum Gasteiger partial charge on any atom is 0.118 e. The first-order valence-corrected chi connectivity index (χ1v) is 6.61. The summed E-state index contributed by atoms with van der Waals surface area (Å²) in [5.41, 5.74) is 2.39. The van der Waals surface area contributed by atoms with Crippen LogP contribution in [-0.2, 0) is 7.05 Å². The lowest BCUT2D eigenvalue weighted by Crippen LogP contribution is -2.25. The van der Waals surface area contributed by atoms with Crippen LogP contribution in [0.3, 0.4) is 0 Å². The second-order valence-electron chi connectivity index (χ2n) is 4.54. The Bertz CT molecular complexity index is 504. The van der Waals surface area contributed by atoms with Crippen LogP contribution in [0.2, 0.25) is 0 Å². The second-order valence-corrected chi connectivity index (χ2v) is 4.54. The van der Waals surface area contributed by atoms with Crippen LogP contribution in [0.15, 0.2) is 36.5 Å². The third kappa shape index (κ3) is 3.15. The summed E-state index contributed by atoms with van der Waals surface area (Å²) < 4.78 is 7.12. The van der Waals surface area contributed by atoms with Crippen molar-refractivity contribution in [2.45, 2.75) is 19.4 Å². The van der Waals surface area contributed by atoms with Gasteiger partial charge in [-0.05, 0) is 36.7 Å². The van der Waals surface area contributed by atoms with Crippen LogP contribution in [0.25, 0.3) is 0 Å². The lowest BCUT2D eigenvalue weighted by Gasteiger charge is -2.19. The predicted molar refractivity (Wildman–Crippen MR) is 76.3 cm³/mol. The maximum absolute atomic E-state index is 5.21. The normalized spacial score (nSPS) is 12.4. The third-order valence-electron chi connectivity index (χ3n) is 3.20. The van der Waals surface area contributed by atoms with Gasteiger partial charge in [-0.25, -0.2) is 0 Å². The fraction of sp³-hybridized carbons (Fsp3) is 0.400. The molecule has 0 aliphatic heterocycles. The fourth-order valence-corrected chi connectivity index (χ4v) is 2.15. The summed E-state index contributed by atoms with van der Waals surface area (Å²) in [4.78, 5) is 0. The number of rotatable bonds is 6. The topological polar surface area (TPSA) is 39.1 Å². The van der Waals surface area contributed by atoms with Crippen LogP contribution in [0, 0.1) is 0 Å². The van der Waals surface area contributed by atoms with Gasteiger partial charge in [0.15, 0.2) is 0 Å². The van der Waals surface area contributed by atoms with Gasteiger partial charge < -0.3 is 10.1 Å². The molecule has 1 heterocycles. The van der Waals surface area contributed by atoms with Crippen molar-refractivity contribution < 1.29 is 4.74 Å². The molecule has 1 atom stereocenters. The number of aryl methyl sites for hydroxylation is 1. The average Bonchev–Trinajstić information content (AvgIpc) is 2.86. The number of aromatic nitrogens is 2. The van der Waals surface area contributed by atoms with Gasteiger partial charge in [0.05, 0.1) is 18.8 Å². The van der Waals surface area contributed by atoms with E-state index in [-0.39, 0.29) is 6.04 Å². The number of ether oxygens (including phenoxy) is 1. The van der Waals surface area contributed by atoms with Crippen molar-refractivity contribution in [2.24, 2.45) is 7.05 Å². The first kappa shape index (κ1) is 13.6. The molecule has 19 heavy (non-hydrogen) atoms. The molecule has 0 radical (unpaired) electrons. The number of methoxy groups -OCH3 is 1. The minimum absolute atomic E-state index is 0.165. The van der Waals surface area contributed by atoms with Gasteiger partial charge in [0, 0.05) is 13.2 Å². The maximum atomic E-state index is 5.21. The molecular formula is C15H21N3O. The monoisotopic (exact) mass is 259 g/mol. The van der Waals surface area contributed by atoms with E-state index in [1.54, 1.807) is 7.11 Å². The average molecular weight is 259 g/mol. The van der Waals surface area contributed by atoms with Crippen molar-refractivity contribution in [2.75, 3.05) is 13.7 Å². The Morgan fingerprint density at radius 1 is 1.26 bits per heavy atom. The molecule has 4 nitrogen and oxygen atoms in total. The van der Waals surface area contributed by atoms with Crippen LogP contribution in [0.1, 0.15) is 30.6 Å². The Morgan fingerprint density at radius 3 is 2.53 bits per heavy atom. The SMILES string of the molecule is CCCNC(c1ccc(OC)cc1)c1ccnn1C. The van der Waals surface area contributed by atoms with Gasteiger partial charge in [0.1, 0.15) is 5.75 Å². The molecule has 2 aromatic rings. The lowest BCUT2D eigenvalue weighted by molar-refractivity contribution is 0.414. The molecule has 4 heteroatoms. The van der Waals surface area contributed by atoms with Crippen LogP contribution < -0.4 is 10.1 Å². The van der Waals surface area contributed by atoms with Gasteiger partial charge >= 0.3 is 0 Å². The highest BCUT2D eigenvalue weighted by Crippen LogP contribution is 2.23. The van der Waals surface area contributed by atoms with Crippen molar-refractivity contribution in [3.05, 3.63) is 47.8 Å². The van der Waals surface area contributed by atoms with Gasteiger partial charge in [-0.15, -0.1) is 0 Å². The first-order valence-electron chi connectivity index (χ1n) is 6.61. The molecule has 0 spiro atoms. The molecular weight excluding hydrogens is 238 g/mol. The Morgan fingerprint density at radius 2 is 2.00 bits per heavy atom. The van der Waals surface area contributed by atoms with Gasteiger partial charge in [-0.3, -0.25) is 4.68 Å². The summed E-state index contributed by atoms with van der Waals surface area (Å²) in [6.45, 7) is 3.14. The summed E-state index contributed by atoms with van der Waals surface area (Å²) in [7, 11) is 3.66. The molecule has 1 aromatic heterocycles. The molecule has 1 N–H and O–H groups in total. The number of nitrogens with one attached hydrogen (secondary N) is 1. The third-order valence-corrected chi connectivity index (χ3v) is 3.20. The molecule has 102 valence electrons. The lowest BCUT2D eigenvalue weighted by atomic mass is 10.0. The number of benzene rings is 1. The summed E-state index contributed by atoms with van der Waals surface area (Å²) in [5, 5.41) is 7.82. The molecule has 0 amide bonds. The van der Waals surface area contributed by atoms with Gasteiger partial charge in [-0.1, -0.05) is 19.1 Å². The zero-order valence-corrected chi connectivity index (χ0v) is 11.8. The highest BCUT2D eigenvalue weighted by atomic mass is 16.5. The number of hydrogen-bond acceptors (Lipinski definition) is 3. The van der Waals surface area contributed by atoms with Crippen molar-refractivity contribution >= 4 is 0 Å². The highest BCUT2D eigenvalue weighted by molar-refractivity contribution is 5.33. The van der Waals surface area contributed by atoms with Crippen molar-refractivity contribution in [3.8, 4) is 5.75 Å². The zero-order chi connectivity index (χ0) is 13.7. The van der Waals surface area contributed by atoms with E-state index in [0.717, 1.165) is 18.7 Å². The number of nitrogens with zero attached hydrogens (tertiary/aromatic N) is 2. The van der Waals surface area contributed by atoms with Crippen LogP contribution >= 0.6 is 0 Å². The van der Waals surface area contributed by atoms with E-state index in [2.05, 4.69) is 35.5 Å².